The highest BCUT2D eigenvalue weighted by Crippen LogP contribution is 2.29. The lowest BCUT2D eigenvalue weighted by Gasteiger charge is -2.41. The molecule has 1 atom stereocenters. The van der Waals surface area contributed by atoms with E-state index in [1.54, 1.807) is 4.90 Å². The molecule has 0 aliphatic carbocycles. The molecule has 0 N–H and O–H groups in total. The van der Waals surface area contributed by atoms with E-state index in [2.05, 4.69) is 26.9 Å². The molecule has 1 aromatic rings. The predicted octanol–water partition coefficient (Wildman–Crippen LogP) is 3.77. The second-order valence-corrected chi connectivity index (χ2v) is 7.60. The maximum atomic E-state index is 12.3. The molecule has 1 fully saturated rings. The van der Waals surface area contributed by atoms with E-state index in [1.165, 1.54) is 0 Å². The van der Waals surface area contributed by atoms with Gasteiger partial charge in [-0.1, -0.05) is 0 Å². The van der Waals surface area contributed by atoms with Gasteiger partial charge < -0.3 is 14.5 Å². The Kier molecular flexibility index (Phi) is 5.20. The zero-order valence-electron chi connectivity index (χ0n) is 14.0. The van der Waals surface area contributed by atoms with Crippen molar-refractivity contribution in [3.05, 3.63) is 28.2 Å². The van der Waals surface area contributed by atoms with E-state index in [4.69, 9.17) is 10.00 Å². The molecule has 2 rings (SSSR count). The number of hydrogen-bond donors (Lipinski definition) is 0. The van der Waals surface area contributed by atoms with E-state index in [9.17, 15) is 4.79 Å². The minimum atomic E-state index is -0.482. The molecule has 1 heterocycles. The summed E-state index contributed by atoms with van der Waals surface area (Å²) in [6, 6.07) is 7.76. The second kappa shape index (κ2) is 6.79. The van der Waals surface area contributed by atoms with Crippen LogP contribution in [0.4, 0.5) is 10.5 Å². The smallest absolute Gasteiger partial charge is 0.410 e. The van der Waals surface area contributed by atoms with Gasteiger partial charge in [-0.2, -0.15) is 5.26 Å². The molecule has 1 aliphatic rings. The lowest BCUT2D eigenvalue weighted by Crippen LogP contribution is -2.55. The summed E-state index contributed by atoms with van der Waals surface area (Å²) in [5.41, 5.74) is 1.19. The van der Waals surface area contributed by atoms with Crippen LogP contribution in [0.15, 0.2) is 22.7 Å². The summed E-state index contributed by atoms with van der Waals surface area (Å²) >= 11 is 3.53. The largest absolute Gasteiger partial charge is 0.444 e. The number of benzene rings is 1. The average Bonchev–Trinajstić information content (AvgIpc) is 2.44. The molecular weight excluding hydrogens is 358 g/mol. The molecule has 0 aromatic heterocycles. The van der Waals surface area contributed by atoms with Crippen LogP contribution in [0.3, 0.4) is 0 Å². The highest BCUT2D eigenvalue weighted by Gasteiger charge is 2.31. The van der Waals surface area contributed by atoms with Gasteiger partial charge in [0.1, 0.15) is 5.60 Å². The number of piperazine rings is 1. The molecule has 124 valence electrons. The van der Waals surface area contributed by atoms with Crippen molar-refractivity contribution in [3.8, 4) is 6.07 Å². The van der Waals surface area contributed by atoms with Crippen molar-refractivity contribution in [2.45, 2.75) is 39.3 Å². The van der Waals surface area contributed by atoms with Crippen LogP contribution in [0.5, 0.6) is 0 Å². The van der Waals surface area contributed by atoms with Gasteiger partial charge in [-0.25, -0.2) is 4.79 Å². The molecule has 1 aliphatic heterocycles. The number of halogens is 1. The molecule has 5 nitrogen and oxygen atoms in total. The lowest BCUT2D eigenvalue weighted by atomic mass is 10.1. The van der Waals surface area contributed by atoms with E-state index in [-0.39, 0.29) is 12.1 Å². The Hall–Kier alpha value is -1.74. The van der Waals surface area contributed by atoms with Crippen LogP contribution in [-0.4, -0.2) is 42.3 Å². The number of hydrogen-bond acceptors (Lipinski definition) is 4. The zero-order valence-corrected chi connectivity index (χ0v) is 15.6. The highest BCUT2D eigenvalue weighted by atomic mass is 79.9. The Morgan fingerprint density at radius 3 is 2.61 bits per heavy atom. The zero-order chi connectivity index (χ0) is 17.2. The average molecular weight is 380 g/mol. The van der Waals surface area contributed by atoms with Crippen LogP contribution < -0.4 is 4.90 Å². The minimum Gasteiger partial charge on any atom is -0.444 e. The van der Waals surface area contributed by atoms with Gasteiger partial charge in [-0.3, -0.25) is 0 Å². The van der Waals surface area contributed by atoms with Crippen LogP contribution in [0.1, 0.15) is 33.3 Å². The van der Waals surface area contributed by atoms with E-state index in [0.29, 0.717) is 12.1 Å². The molecule has 0 bridgehead atoms. The summed E-state index contributed by atoms with van der Waals surface area (Å²) < 4.78 is 6.36. The van der Waals surface area contributed by atoms with Gasteiger partial charge in [0.25, 0.3) is 0 Å². The van der Waals surface area contributed by atoms with Gasteiger partial charge in [0.05, 0.1) is 17.3 Å². The molecule has 0 saturated carbocycles. The quantitative estimate of drug-likeness (QED) is 0.744. The van der Waals surface area contributed by atoms with E-state index in [1.807, 2.05) is 45.9 Å². The minimum absolute atomic E-state index is 0.0566. The number of carbonyl (C=O) groups excluding carboxylic acids is 1. The van der Waals surface area contributed by atoms with E-state index < -0.39 is 5.60 Å². The van der Waals surface area contributed by atoms with Crippen molar-refractivity contribution in [2.24, 2.45) is 0 Å². The van der Waals surface area contributed by atoms with Crippen LogP contribution in [0, 0.1) is 11.3 Å². The monoisotopic (exact) mass is 379 g/mol. The topological polar surface area (TPSA) is 56.6 Å². The maximum absolute atomic E-state index is 12.3. The number of amides is 1. The van der Waals surface area contributed by atoms with Gasteiger partial charge >= 0.3 is 6.09 Å². The van der Waals surface area contributed by atoms with Crippen molar-refractivity contribution in [1.29, 1.82) is 5.26 Å². The molecule has 6 heteroatoms. The maximum Gasteiger partial charge on any atom is 0.410 e. The van der Waals surface area contributed by atoms with Gasteiger partial charge in [0, 0.05) is 30.1 Å². The van der Waals surface area contributed by atoms with Crippen molar-refractivity contribution in [1.82, 2.24) is 4.90 Å². The summed E-state index contributed by atoms with van der Waals surface area (Å²) in [6.07, 6.45) is -0.261. The SMILES string of the molecule is CC1CN(c2ccc(C#N)cc2Br)CCN1C(=O)OC(C)(C)C. The van der Waals surface area contributed by atoms with Crippen LogP contribution in [-0.2, 0) is 4.74 Å². The Bertz CT molecular complexity index is 634. The molecule has 1 amide bonds. The lowest BCUT2D eigenvalue weighted by molar-refractivity contribution is 0.0159. The standard InChI is InChI=1S/C17H22BrN3O2/c1-12-11-20(15-6-5-13(10-19)9-14(15)18)7-8-21(12)16(22)23-17(2,3)4/h5-6,9,12H,7-8,11H2,1-4H3. The third-order valence-electron chi connectivity index (χ3n) is 3.67. The highest BCUT2D eigenvalue weighted by molar-refractivity contribution is 9.10. The number of rotatable bonds is 1. The number of carbonyl (C=O) groups is 1. The number of nitrogens with zero attached hydrogens (tertiary/aromatic N) is 3. The van der Waals surface area contributed by atoms with Crippen LogP contribution in [0.25, 0.3) is 0 Å². The summed E-state index contributed by atoms with van der Waals surface area (Å²) in [5, 5.41) is 8.95. The molecular formula is C17H22BrN3O2. The first-order valence-corrected chi connectivity index (χ1v) is 8.45. The van der Waals surface area contributed by atoms with Crippen LogP contribution >= 0.6 is 15.9 Å². The van der Waals surface area contributed by atoms with E-state index in [0.717, 1.165) is 23.2 Å². The Morgan fingerprint density at radius 2 is 2.09 bits per heavy atom. The van der Waals surface area contributed by atoms with Crippen molar-refractivity contribution < 1.29 is 9.53 Å². The third kappa shape index (κ3) is 4.38. The molecule has 23 heavy (non-hydrogen) atoms. The summed E-state index contributed by atoms with van der Waals surface area (Å²) in [4.78, 5) is 16.3. The fourth-order valence-electron chi connectivity index (χ4n) is 2.60. The van der Waals surface area contributed by atoms with Gasteiger partial charge in [0.2, 0.25) is 0 Å². The first-order valence-electron chi connectivity index (χ1n) is 7.65. The molecule has 1 unspecified atom stereocenters. The van der Waals surface area contributed by atoms with Crippen molar-refractivity contribution in [2.75, 3.05) is 24.5 Å². The van der Waals surface area contributed by atoms with Gasteiger partial charge in [0.15, 0.2) is 0 Å². The Labute approximate surface area is 145 Å². The Morgan fingerprint density at radius 1 is 1.39 bits per heavy atom. The number of nitriles is 1. The third-order valence-corrected chi connectivity index (χ3v) is 4.31. The predicted molar refractivity (Wildman–Crippen MR) is 93.5 cm³/mol. The molecule has 1 saturated heterocycles. The fourth-order valence-corrected chi connectivity index (χ4v) is 3.23. The van der Waals surface area contributed by atoms with Gasteiger partial charge in [-0.05, 0) is 61.8 Å². The Balaban J connectivity index is 2.07. The normalized spacial score (nSPS) is 18.5. The molecule has 1 aromatic carbocycles. The van der Waals surface area contributed by atoms with Gasteiger partial charge in [-0.15, -0.1) is 0 Å². The summed E-state index contributed by atoms with van der Waals surface area (Å²) in [5.74, 6) is 0. The molecule has 0 radical (unpaired) electrons. The molecule has 0 spiro atoms. The van der Waals surface area contributed by atoms with Crippen molar-refractivity contribution in [3.63, 3.8) is 0 Å². The van der Waals surface area contributed by atoms with Crippen molar-refractivity contribution >= 4 is 27.7 Å². The first-order chi connectivity index (χ1) is 10.7. The van der Waals surface area contributed by atoms with Crippen LogP contribution in [0.2, 0.25) is 0 Å². The van der Waals surface area contributed by atoms with E-state index >= 15 is 0 Å². The fraction of sp³-hybridized carbons (Fsp3) is 0.529. The number of ether oxygens (including phenoxy) is 1. The second-order valence-electron chi connectivity index (χ2n) is 6.75. The summed E-state index contributed by atoms with van der Waals surface area (Å²) in [6.45, 7) is 9.72. The number of anilines is 1. The first kappa shape index (κ1) is 17.6. The summed E-state index contributed by atoms with van der Waals surface area (Å²) in [7, 11) is 0.